The fraction of sp³-hybridized carbons (Fsp3) is 0.882. The molecule has 4 aliphatic rings. The average molecular weight is 308 g/mol. The van der Waals surface area contributed by atoms with E-state index in [1.165, 1.54) is 6.92 Å². The van der Waals surface area contributed by atoms with Crippen molar-refractivity contribution in [1.82, 2.24) is 0 Å². The van der Waals surface area contributed by atoms with E-state index in [0.29, 0.717) is 12.3 Å². The first-order chi connectivity index (χ1) is 10.1. The summed E-state index contributed by atoms with van der Waals surface area (Å²) in [5.74, 6) is -1.51. The van der Waals surface area contributed by atoms with Crippen LogP contribution in [0.5, 0.6) is 0 Å². The molecule has 0 bridgehead atoms. The molecule has 1 unspecified atom stereocenters. The molecule has 8 atom stereocenters. The number of Topliss-reactive ketones (excluding diaryl/α,β-unsaturated/α-hetero) is 1. The number of esters is 1. The van der Waals surface area contributed by atoms with Gasteiger partial charge < -0.3 is 14.6 Å². The molecule has 5 nitrogen and oxygen atoms in total. The van der Waals surface area contributed by atoms with Gasteiger partial charge in [-0.2, -0.15) is 0 Å². The Bertz CT molecular complexity index is 569. The second-order valence-corrected chi connectivity index (χ2v) is 8.26. The number of rotatable bonds is 0. The second kappa shape index (κ2) is 3.93. The van der Waals surface area contributed by atoms with Gasteiger partial charge in [0, 0.05) is 12.3 Å². The lowest BCUT2D eigenvalue weighted by Gasteiger charge is -2.38. The Hall–Kier alpha value is -0.940. The SMILES string of the molecule is C[C@@H]1C[C@@H]2OC(=O)[C@]3(C)[C@H]2[C@@H](OC3(C)O)[C@]2(C)C(=O)CC[C@H]12. The van der Waals surface area contributed by atoms with Crippen LogP contribution in [0.1, 0.15) is 47.0 Å². The van der Waals surface area contributed by atoms with Crippen LogP contribution in [0.25, 0.3) is 0 Å². The molecule has 0 aromatic heterocycles. The first-order valence-electron chi connectivity index (χ1n) is 8.28. The minimum Gasteiger partial charge on any atom is -0.461 e. The molecule has 5 heteroatoms. The highest BCUT2D eigenvalue weighted by Gasteiger charge is 2.77. The van der Waals surface area contributed by atoms with Gasteiger partial charge in [-0.05, 0) is 45.4 Å². The zero-order valence-electron chi connectivity index (χ0n) is 13.6. The summed E-state index contributed by atoms with van der Waals surface area (Å²) in [7, 11) is 0. The van der Waals surface area contributed by atoms with Crippen molar-refractivity contribution in [3.05, 3.63) is 0 Å². The Morgan fingerprint density at radius 3 is 2.59 bits per heavy atom. The Morgan fingerprint density at radius 2 is 1.91 bits per heavy atom. The number of ether oxygens (including phenoxy) is 2. The van der Waals surface area contributed by atoms with Crippen LogP contribution >= 0.6 is 0 Å². The smallest absolute Gasteiger partial charge is 0.318 e. The van der Waals surface area contributed by atoms with E-state index in [4.69, 9.17) is 9.47 Å². The first-order valence-corrected chi connectivity index (χ1v) is 8.28. The number of carbonyl (C=O) groups is 2. The second-order valence-electron chi connectivity index (χ2n) is 8.26. The molecule has 0 aromatic carbocycles. The first kappa shape index (κ1) is 14.6. The van der Waals surface area contributed by atoms with E-state index in [0.717, 1.165) is 12.8 Å². The van der Waals surface area contributed by atoms with Crippen LogP contribution in [0.15, 0.2) is 0 Å². The predicted octanol–water partition coefficient (Wildman–Crippen LogP) is 1.67. The van der Waals surface area contributed by atoms with Crippen molar-refractivity contribution in [2.75, 3.05) is 0 Å². The molecule has 2 aliphatic carbocycles. The van der Waals surface area contributed by atoms with E-state index in [-0.39, 0.29) is 23.7 Å². The van der Waals surface area contributed by atoms with Crippen molar-refractivity contribution in [2.45, 2.75) is 65.0 Å². The van der Waals surface area contributed by atoms with Crippen LogP contribution in [0.4, 0.5) is 0 Å². The van der Waals surface area contributed by atoms with E-state index in [1.807, 2.05) is 6.92 Å². The monoisotopic (exact) mass is 308 g/mol. The molecule has 2 saturated carbocycles. The van der Waals surface area contributed by atoms with Gasteiger partial charge in [-0.25, -0.2) is 0 Å². The maximum absolute atomic E-state index is 12.7. The van der Waals surface area contributed by atoms with Crippen molar-refractivity contribution in [3.63, 3.8) is 0 Å². The highest BCUT2D eigenvalue weighted by Crippen LogP contribution is 2.65. The molecular formula is C17H24O5. The van der Waals surface area contributed by atoms with Crippen molar-refractivity contribution in [2.24, 2.45) is 28.6 Å². The number of aliphatic hydroxyl groups is 1. The van der Waals surface area contributed by atoms with Gasteiger partial charge in [-0.15, -0.1) is 0 Å². The maximum Gasteiger partial charge on any atom is 0.318 e. The highest BCUT2D eigenvalue weighted by atomic mass is 16.7. The van der Waals surface area contributed by atoms with Crippen LogP contribution in [-0.2, 0) is 19.1 Å². The van der Waals surface area contributed by atoms with E-state index in [9.17, 15) is 14.7 Å². The summed E-state index contributed by atoms with van der Waals surface area (Å²) in [6.45, 7) is 7.38. The van der Waals surface area contributed by atoms with Crippen molar-refractivity contribution in [1.29, 1.82) is 0 Å². The topological polar surface area (TPSA) is 72.8 Å². The molecule has 0 amide bonds. The van der Waals surface area contributed by atoms with Crippen LogP contribution in [0, 0.1) is 28.6 Å². The summed E-state index contributed by atoms with van der Waals surface area (Å²) >= 11 is 0. The minimum absolute atomic E-state index is 0.203. The molecule has 122 valence electrons. The summed E-state index contributed by atoms with van der Waals surface area (Å²) < 4.78 is 11.7. The molecular weight excluding hydrogens is 284 g/mol. The minimum atomic E-state index is -1.59. The molecule has 2 heterocycles. The molecule has 4 rings (SSSR count). The fourth-order valence-electron chi connectivity index (χ4n) is 5.81. The predicted molar refractivity (Wildman–Crippen MR) is 76.6 cm³/mol. The molecule has 1 N–H and O–H groups in total. The van der Waals surface area contributed by atoms with Gasteiger partial charge in [-0.1, -0.05) is 6.92 Å². The Kier molecular flexibility index (Phi) is 2.62. The normalized spacial score (nSPS) is 60.0. The van der Waals surface area contributed by atoms with E-state index in [1.54, 1.807) is 6.92 Å². The standard InChI is InChI=1S/C17H24O5/c1-8-7-10-12-13(15(2)9(8)5-6-11(15)18)22-17(4,20)16(12,3)14(19)21-10/h8-10,12-13,20H,5-7H2,1-4H3/t8-,9-,10+,12-,13-,15+,16+,17?/m1/s1. The van der Waals surface area contributed by atoms with Gasteiger partial charge in [0.25, 0.3) is 0 Å². The van der Waals surface area contributed by atoms with Gasteiger partial charge in [0.05, 0.1) is 11.5 Å². The molecule has 4 fully saturated rings. The Morgan fingerprint density at radius 1 is 1.23 bits per heavy atom. The van der Waals surface area contributed by atoms with Gasteiger partial charge in [0.1, 0.15) is 17.3 Å². The van der Waals surface area contributed by atoms with Crippen LogP contribution in [-0.4, -0.2) is 34.9 Å². The molecule has 22 heavy (non-hydrogen) atoms. The van der Waals surface area contributed by atoms with Crippen molar-refractivity contribution >= 4 is 11.8 Å². The Labute approximate surface area is 130 Å². The average Bonchev–Trinajstić information content (AvgIpc) is 2.91. The molecule has 0 aromatic rings. The molecule has 0 spiro atoms. The number of carbonyl (C=O) groups excluding carboxylic acids is 2. The van der Waals surface area contributed by atoms with Crippen molar-refractivity contribution in [3.8, 4) is 0 Å². The lowest BCUT2D eigenvalue weighted by atomic mass is 9.64. The fourth-order valence-corrected chi connectivity index (χ4v) is 5.81. The van der Waals surface area contributed by atoms with Gasteiger partial charge in [0.2, 0.25) is 0 Å². The van der Waals surface area contributed by atoms with Crippen LogP contribution in [0.3, 0.4) is 0 Å². The Balaban J connectivity index is 1.91. The number of hydrogen-bond acceptors (Lipinski definition) is 5. The number of ketones is 1. The van der Waals surface area contributed by atoms with Crippen LogP contribution in [0.2, 0.25) is 0 Å². The van der Waals surface area contributed by atoms with E-state index in [2.05, 4.69) is 6.92 Å². The summed E-state index contributed by atoms with van der Waals surface area (Å²) in [6, 6.07) is 0. The maximum atomic E-state index is 12.7. The zero-order chi connectivity index (χ0) is 16.1. The van der Waals surface area contributed by atoms with Gasteiger partial charge in [-0.3, -0.25) is 9.59 Å². The summed E-state index contributed by atoms with van der Waals surface area (Å²) in [6.07, 6.45) is 1.46. The van der Waals surface area contributed by atoms with Gasteiger partial charge in [0.15, 0.2) is 5.79 Å². The number of hydrogen-bond donors (Lipinski definition) is 1. The molecule has 0 radical (unpaired) electrons. The lowest BCUT2D eigenvalue weighted by molar-refractivity contribution is -0.239. The largest absolute Gasteiger partial charge is 0.461 e. The number of fused-ring (bicyclic) bond motifs is 2. The van der Waals surface area contributed by atoms with Crippen molar-refractivity contribution < 1.29 is 24.2 Å². The lowest BCUT2D eigenvalue weighted by Crippen LogP contribution is -2.47. The summed E-state index contributed by atoms with van der Waals surface area (Å²) in [5, 5.41) is 10.8. The van der Waals surface area contributed by atoms with Crippen LogP contribution < -0.4 is 0 Å². The summed E-state index contributed by atoms with van der Waals surface area (Å²) in [4.78, 5) is 25.2. The molecule has 2 saturated heterocycles. The third-order valence-electron chi connectivity index (χ3n) is 7.33. The molecule has 2 aliphatic heterocycles. The summed E-state index contributed by atoms with van der Waals surface area (Å²) in [5.41, 5.74) is -1.72. The zero-order valence-corrected chi connectivity index (χ0v) is 13.6. The highest BCUT2D eigenvalue weighted by molar-refractivity contribution is 5.89. The van der Waals surface area contributed by atoms with E-state index >= 15 is 0 Å². The third-order valence-corrected chi connectivity index (χ3v) is 7.33. The third kappa shape index (κ3) is 1.34. The quantitative estimate of drug-likeness (QED) is 0.689. The van der Waals surface area contributed by atoms with E-state index < -0.39 is 28.7 Å². The van der Waals surface area contributed by atoms with Gasteiger partial charge >= 0.3 is 5.97 Å².